The molecule has 0 unspecified atom stereocenters. The average molecular weight is 144 g/mol. The van der Waals surface area contributed by atoms with Gasteiger partial charge >= 0.3 is 5.97 Å². The van der Waals surface area contributed by atoms with Crippen molar-refractivity contribution in [1.82, 2.24) is 0 Å². The van der Waals surface area contributed by atoms with E-state index in [1.807, 2.05) is 0 Å². The molecule has 3 heteroatoms. The van der Waals surface area contributed by atoms with Gasteiger partial charge in [-0.3, -0.25) is 0 Å². The van der Waals surface area contributed by atoms with Gasteiger partial charge in [-0.2, -0.15) is 0 Å². The number of rotatable bonds is 3. The second-order valence-corrected chi connectivity index (χ2v) is 2.97. The topological polar surface area (TPSA) is 53.9 Å². The molecule has 0 bridgehead atoms. The molecule has 0 aromatic heterocycles. The van der Waals surface area contributed by atoms with E-state index >= 15 is 0 Å². The molecule has 0 aromatic rings. The lowest BCUT2D eigenvalue weighted by atomic mass is 10.4. The van der Waals surface area contributed by atoms with E-state index in [0.29, 0.717) is 12.5 Å². The van der Waals surface area contributed by atoms with Crippen LogP contribution >= 0.6 is 0 Å². The summed E-state index contributed by atoms with van der Waals surface area (Å²) in [7, 11) is 0. The predicted octanol–water partition coefficient (Wildman–Crippen LogP) is -0.430. The fraction of sp³-hybridized carbons (Fsp3) is 0.857. The Morgan fingerprint density at radius 3 is 2.80 bits per heavy atom. The second kappa shape index (κ2) is 3.01. The monoisotopic (exact) mass is 144 g/mol. The van der Waals surface area contributed by atoms with Crippen molar-refractivity contribution in [1.29, 1.82) is 0 Å². The summed E-state index contributed by atoms with van der Waals surface area (Å²) in [6.45, 7) is 2.36. The molecule has 3 nitrogen and oxygen atoms in total. The Balaban J connectivity index is 2.05. The number of carbonyl (C=O) groups excluding carboxylic acids is 1. The van der Waals surface area contributed by atoms with Crippen LogP contribution in [0.2, 0.25) is 0 Å². The highest BCUT2D eigenvalue weighted by Crippen LogP contribution is 2.28. The molecule has 1 atom stereocenters. The third-order valence-corrected chi connectivity index (χ3v) is 1.56. The van der Waals surface area contributed by atoms with Crippen LogP contribution in [0.1, 0.15) is 19.8 Å². The maximum atomic E-state index is 10.8. The van der Waals surface area contributed by atoms with Crippen molar-refractivity contribution in [3.63, 3.8) is 0 Å². The highest BCUT2D eigenvalue weighted by atomic mass is 16.5. The Bertz CT molecular complexity index is 130. The van der Waals surface area contributed by atoms with Crippen LogP contribution in [0.4, 0.5) is 0 Å². The number of esters is 1. The van der Waals surface area contributed by atoms with Crippen LogP contribution in [0.25, 0.3) is 0 Å². The highest BCUT2D eigenvalue weighted by Gasteiger charge is 2.24. The third-order valence-electron chi connectivity index (χ3n) is 1.56. The minimum absolute atomic E-state index is 0.174. The van der Waals surface area contributed by atoms with Gasteiger partial charge in [-0.05, 0) is 25.7 Å². The van der Waals surface area contributed by atoms with Crippen LogP contribution in [0.15, 0.2) is 0 Å². The summed E-state index contributed by atoms with van der Waals surface area (Å²) in [5.41, 5.74) is 3.56. The lowest BCUT2D eigenvalue weighted by Gasteiger charge is -2.02. The van der Waals surface area contributed by atoms with Crippen molar-refractivity contribution in [3.8, 4) is 0 Å². The largest absolute Gasteiger partial charge is 0.461 e. The van der Waals surface area contributed by atoms with Crippen molar-refractivity contribution in [2.45, 2.75) is 25.8 Å². The van der Waals surface area contributed by atoms with E-state index in [1.165, 1.54) is 12.8 Å². The molecule has 1 saturated carbocycles. The molecule has 1 rings (SSSR count). The Morgan fingerprint density at radius 2 is 2.40 bits per heavy atom. The summed E-state index contributed by atoms with van der Waals surface area (Å²) < 4.78 is 4.93. The Hall–Kier alpha value is -0.570. The van der Waals surface area contributed by atoms with E-state index in [4.69, 9.17) is 4.74 Å². The minimum atomic E-state index is -0.223. The van der Waals surface area contributed by atoms with E-state index in [0.717, 1.165) is 0 Å². The molecule has 58 valence electrons. The minimum Gasteiger partial charge on any atom is -0.461 e. The number of carbonyl (C=O) groups is 1. The standard InChI is InChI=1S/C7H13NO2/c1-5(8)7(9)10-4-6-2-3-6/h5-6H,2-4,8H2,1H3/p+1/t5-/m0/s1. The van der Waals surface area contributed by atoms with Crippen molar-refractivity contribution in [3.05, 3.63) is 0 Å². The fourth-order valence-corrected chi connectivity index (χ4v) is 0.627. The SMILES string of the molecule is C[C@H]([NH3+])C(=O)OCC1CC1. The highest BCUT2D eigenvalue weighted by molar-refractivity contribution is 5.73. The molecular formula is C7H14NO2+. The van der Waals surface area contributed by atoms with E-state index < -0.39 is 0 Å². The van der Waals surface area contributed by atoms with Gasteiger partial charge in [0, 0.05) is 0 Å². The number of quaternary nitrogens is 1. The first kappa shape index (κ1) is 7.54. The molecule has 0 radical (unpaired) electrons. The first-order valence-corrected chi connectivity index (χ1v) is 3.70. The Kier molecular flexibility index (Phi) is 2.27. The van der Waals surface area contributed by atoms with Crippen molar-refractivity contribution in [2.75, 3.05) is 6.61 Å². The van der Waals surface area contributed by atoms with Crippen LogP contribution in [-0.4, -0.2) is 18.6 Å². The van der Waals surface area contributed by atoms with Crippen LogP contribution in [0.5, 0.6) is 0 Å². The third kappa shape index (κ3) is 2.35. The lowest BCUT2D eigenvalue weighted by molar-refractivity contribution is -0.402. The molecule has 1 fully saturated rings. The molecule has 10 heavy (non-hydrogen) atoms. The maximum Gasteiger partial charge on any atom is 0.364 e. The van der Waals surface area contributed by atoms with Crippen LogP contribution < -0.4 is 5.73 Å². The molecule has 1 aliphatic rings. The summed E-state index contributed by atoms with van der Waals surface area (Å²) in [6, 6.07) is -0.223. The second-order valence-electron chi connectivity index (χ2n) is 2.97. The summed E-state index contributed by atoms with van der Waals surface area (Å²) in [5, 5.41) is 0. The molecule has 0 heterocycles. The predicted molar refractivity (Wildman–Crippen MR) is 36.0 cm³/mol. The smallest absolute Gasteiger partial charge is 0.364 e. The molecule has 1 aliphatic carbocycles. The molecule has 0 spiro atoms. The normalized spacial score (nSPS) is 20.2. The quantitative estimate of drug-likeness (QED) is 0.546. The van der Waals surface area contributed by atoms with Crippen molar-refractivity contribution >= 4 is 5.97 Å². The lowest BCUT2D eigenvalue weighted by Crippen LogP contribution is -2.63. The van der Waals surface area contributed by atoms with E-state index in [9.17, 15) is 4.79 Å². The zero-order valence-electron chi connectivity index (χ0n) is 6.30. The molecular weight excluding hydrogens is 130 g/mol. The zero-order valence-corrected chi connectivity index (χ0v) is 6.30. The first-order valence-electron chi connectivity index (χ1n) is 3.70. The van der Waals surface area contributed by atoms with Crippen LogP contribution in [0, 0.1) is 5.92 Å². The average Bonchev–Trinajstić information content (AvgIpc) is 2.64. The van der Waals surface area contributed by atoms with Gasteiger partial charge in [-0.15, -0.1) is 0 Å². The fourth-order valence-electron chi connectivity index (χ4n) is 0.627. The van der Waals surface area contributed by atoms with Gasteiger partial charge in [0.1, 0.15) is 0 Å². The van der Waals surface area contributed by atoms with Gasteiger partial charge in [0.05, 0.1) is 6.61 Å². The van der Waals surface area contributed by atoms with Crippen LogP contribution in [0.3, 0.4) is 0 Å². The van der Waals surface area contributed by atoms with Crippen molar-refractivity contribution < 1.29 is 15.3 Å². The van der Waals surface area contributed by atoms with Crippen molar-refractivity contribution in [2.24, 2.45) is 5.92 Å². The van der Waals surface area contributed by atoms with E-state index in [-0.39, 0.29) is 12.0 Å². The maximum absolute atomic E-state index is 10.8. The van der Waals surface area contributed by atoms with Gasteiger partial charge < -0.3 is 10.5 Å². The summed E-state index contributed by atoms with van der Waals surface area (Å²) in [4.78, 5) is 10.8. The van der Waals surface area contributed by atoms with E-state index in [2.05, 4.69) is 5.73 Å². The summed E-state index contributed by atoms with van der Waals surface area (Å²) in [5.74, 6) is 0.481. The Morgan fingerprint density at radius 1 is 1.80 bits per heavy atom. The molecule has 0 amide bonds. The van der Waals surface area contributed by atoms with Gasteiger partial charge in [0.2, 0.25) is 0 Å². The number of ether oxygens (including phenoxy) is 1. The molecule has 3 N–H and O–H groups in total. The van der Waals surface area contributed by atoms with Crippen LogP contribution in [-0.2, 0) is 9.53 Å². The van der Waals surface area contributed by atoms with E-state index in [1.54, 1.807) is 6.92 Å². The summed E-state index contributed by atoms with van der Waals surface area (Å²) >= 11 is 0. The zero-order chi connectivity index (χ0) is 7.56. The first-order chi connectivity index (χ1) is 4.70. The Labute approximate surface area is 60.5 Å². The summed E-state index contributed by atoms with van der Waals surface area (Å²) in [6.07, 6.45) is 2.44. The molecule has 0 aliphatic heterocycles. The van der Waals surface area contributed by atoms with Gasteiger partial charge in [0.15, 0.2) is 6.04 Å². The molecule has 0 saturated heterocycles. The number of hydrogen-bond donors (Lipinski definition) is 1. The van der Waals surface area contributed by atoms with Gasteiger partial charge in [-0.1, -0.05) is 0 Å². The van der Waals surface area contributed by atoms with Gasteiger partial charge in [0.25, 0.3) is 0 Å². The molecule has 0 aromatic carbocycles. The van der Waals surface area contributed by atoms with Gasteiger partial charge in [-0.25, -0.2) is 4.79 Å². The number of hydrogen-bond acceptors (Lipinski definition) is 2.